The Morgan fingerprint density at radius 2 is 1.56 bits per heavy atom. The van der Waals surface area contributed by atoms with E-state index in [0.717, 1.165) is 44.4 Å². The van der Waals surface area contributed by atoms with Crippen LogP contribution in [0.3, 0.4) is 0 Å². The molecule has 0 aliphatic carbocycles. The number of benzene rings is 4. The molecule has 0 unspecified atom stereocenters. The predicted octanol–water partition coefficient (Wildman–Crippen LogP) is 8.96. The van der Waals surface area contributed by atoms with Gasteiger partial charge in [-0.3, -0.25) is 4.68 Å². The van der Waals surface area contributed by atoms with Crippen LogP contribution in [-0.4, -0.2) is 19.3 Å². The van der Waals surface area contributed by atoms with Gasteiger partial charge >= 0.3 is 21.1 Å². The molecular weight excluding hydrogens is 712 g/mol. The van der Waals surface area contributed by atoms with Crippen molar-refractivity contribution < 1.29 is 25.8 Å². The van der Waals surface area contributed by atoms with Crippen LogP contribution in [-0.2, 0) is 21.1 Å². The minimum Gasteiger partial charge on any atom is -0.509 e. The number of aromatic nitrogens is 4. The monoisotopic (exact) mass is 741 g/mol. The molecule has 0 amide bonds. The van der Waals surface area contributed by atoms with Gasteiger partial charge in [-0.25, -0.2) is 4.98 Å². The molecule has 3 heterocycles. The third-order valence-electron chi connectivity index (χ3n) is 8.13. The number of ether oxygens (including phenoxy) is 1. The number of hydrogen-bond donors (Lipinski definition) is 0. The van der Waals surface area contributed by atoms with Crippen molar-refractivity contribution in [2.45, 2.75) is 34.6 Å². The first-order valence-electron chi connectivity index (χ1n) is 14.1. The van der Waals surface area contributed by atoms with Crippen LogP contribution >= 0.6 is 0 Å². The van der Waals surface area contributed by atoms with Crippen molar-refractivity contribution in [1.29, 1.82) is 0 Å². The number of aryl methyl sites for hydroxylation is 3. The molecule has 7 rings (SSSR count). The van der Waals surface area contributed by atoms with E-state index in [4.69, 9.17) is 4.74 Å². The van der Waals surface area contributed by atoms with E-state index in [-0.39, 0.29) is 21.1 Å². The topological polar surface area (TPSA) is 44.9 Å². The average molecular weight is 742 g/mol. The zero-order valence-corrected chi connectivity index (χ0v) is 26.9. The third-order valence-corrected chi connectivity index (χ3v) is 8.13. The standard InChI is InChI=1S/C37H30N4O.Pt/c1-23-15-16-38-36(17-23)41-34-12-7-6-11-32(34)33-14-13-31(20-35(33)41)42-30-10-8-9-29(19-30)40-22-28(21-39-40)37-25(3)18-24(2)26(4)27(37)5;/h6-18,21-22H,1-5H3;/q-2;+2. The Labute approximate surface area is 266 Å². The zero-order valence-electron chi connectivity index (χ0n) is 24.7. The van der Waals surface area contributed by atoms with E-state index in [1.807, 2.05) is 47.4 Å². The second-order valence-corrected chi connectivity index (χ2v) is 10.9. The molecule has 0 saturated carbocycles. The van der Waals surface area contributed by atoms with Gasteiger partial charge in [0, 0.05) is 35.0 Å². The van der Waals surface area contributed by atoms with Crippen LogP contribution in [0.15, 0.2) is 91.4 Å². The van der Waals surface area contributed by atoms with Gasteiger partial charge in [0.1, 0.15) is 5.82 Å². The molecule has 0 N–H and O–H groups in total. The Morgan fingerprint density at radius 1 is 0.744 bits per heavy atom. The van der Waals surface area contributed by atoms with Gasteiger partial charge in [-0.15, -0.1) is 35.7 Å². The maximum Gasteiger partial charge on any atom is 2.00 e. The summed E-state index contributed by atoms with van der Waals surface area (Å²) in [6, 6.07) is 31.5. The summed E-state index contributed by atoms with van der Waals surface area (Å²) in [5, 5.41) is 6.92. The van der Waals surface area contributed by atoms with Crippen molar-refractivity contribution in [3.8, 4) is 34.1 Å². The number of para-hydroxylation sites is 1. The van der Waals surface area contributed by atoms with Gasteiger partial charge in [0.15, 0.2) is 0 Å². The van der Waals surface area contributed by atoms with Crippen LogP contribution in [0.1, 0.15) is 27.8 Å². The number of pyridine rings is 1. The molecule has 0 bridgehead atoms. The van der Waals surface area contributed by atoms with Crippen molar-refractivity contribution in [3.63, 3.8) is 0 Å². The largest absolute Gasteiger partial charge is 2.00 e. The van der Waals surface area contributed by atoms with Gasteiger partial charge in [0.2, 0.25) is 0 Å². The Morgan fingerprint density at radius 3 is 2.40 bits per heavy atom. The van der Waals surface area contributed by atoms with Crippen LogP contribution in [0.4, 0.5) is 0 Å². The Bertz CT molecular complexity index is 2140. The van der Waals surface area contributed by atoms with Crippen LogP contribution in [0.5, 0.6) is 11.5 Å². The van der Waals surface area contributed by atoms with E-state index >= 15 is 0 Å². The number of hydrogen-bond acceptors (Lipinski definition) is 3. The summed E-state index contributed by atoms with van der Waals surface area (Å²) in [6.07, 6.45) is 5.83. The molecule has 0 aliphatic heterocycles. The van der Waals surface area contributed by atoms with Crippen molar-refractivity contribution in [2.75, 3.05) is 0 Å². The zero-order chi connectivity index (χ0) is 29.0. The van der Waals surface area contributed by atoms with Crippen molar-refractivity contribution in [1.82, 2.24) is 19.3 Å². The molecule has 0 fully saturated rings. The van der Waals surface area contributed by atoms with E-state index in [2.05, 4.69) is 110 Å². The first-order chi connectivity index (χ1) is 20.4. The molecule has 43 heavy (non-hydrogen) atoms. The van der Waals surface area contributed by atoms with Crippen LogP contribution < -0.4 is 4.74 Å². The molecule has 0 aliphatic rings. The Balaban J connectivity index is 0.00000329. The quantitative estimate of drug-likeness (QED) is 0.166. The number of fused-ring (bicyclic) bond motifs is 3. The summed E-state index contributed by atoms with van der Waals surface area (Å²) >= 11 is 0. The van der Waals surface area contributed by atoms with E-state index in [1.165, 1.54) is 27.8 Å². The van der Waals surface area contributed by atoms with Gasteiger partial charge in [0.25, 0.3) is 0 Å². The normalized spacial score (nSPS) is 11.2. The Kier molecular flexibility index (Phi) is 7.54. The van der Waals surface area contributed by atoms with Crippen molar-refractivity contribution >= 4 is 21.8 Å². The second kappa shape index (κ2) is 11.3. The smallest absolute Gasteiger partial charge is 0.509 e. The summed E-state index contributed by atoms with van der Waals surface area (Å²) in [5.74, 6) is 2.05. The summed E-state index contributed by atoms with van der Waals surface area (Å²) < 4.78 is 10.3. The van der Waals surface area contributed by atoms with Crippen LogP contribution in [0.25, 0.3) is 44.4 Å². The van der Waals surface area contributed by atoms with Gasteiger partial charge in [-0.05, 0) is 97.3 Å². The van der Waals surface area contributed by atoms with E-state index in [1.54, 1.807) is 0 Å². The number of nitrogens with zero attached hydrogens (tertiary/aromatic N) is 4. The Hall–Kier alpha value is -4.47. The minimum absolute atomic E-state index is 0. The van der Waals surface area contributed by atoms with E-state index < -0.39 is 0 Å². The molecule has 6 heteroatoms. The fourth-order valence-corrected chi connectivity index (χ4v) is 5.87. The van der Waals surface area contributed by atoms with Gasteiger partial charge in [-0.2, -0.15) is 17.2 Å². The summed E-state index contributed by atoms with van der Waals surface area (Å²) in [4.78, 5) is 4.67. The van der Waals surface area contributed by atoms with Crippen LogP contribution in [0.2, 0.25) is 0 Å². The fourth-order valence-electron chi connectivity index (χ4n) is 5.87. The van der Waals surface area contributed by atoms with Crippen molar-refractivity contribution in [2.24, 2.45) is 0 Å². The van der Waals surface area contributed by atoms with E-state index in [0.29, 0.717) is 11.5 Å². The van der Waals surface area contributed by atoms with Gasteiger partial charge in [-0.1, -0.05) is 29.8 Å². The molecule has 0 radical (unpaired) electrons. The van der Waals surface area contributed by atoms with E-state index in [9.17, 15) is 0 Å². The molecular formula is C37H30N4OPt. The minimum atomic E-state index is 0. The molecule has 4 aromatic carbocycles. The summed E-state index contributed by atoms with van der Waals surface area (Å²) in [6.45, 7) is 10.8. The first kappa shape index (κ1) is 28.6. The molecule has 3 aromatic heterocycles. The summed E-state index contributed by atoms with van der Waals surface area (Å²) in [5.41, 5.74) is 11.4. The maximum atomic E-state index is 6.33. The van der Waals surface area contributed by atoms with Gasteiger partial charge in [0.05, 0.1) is 6.20 Å². The third kappa shape index (κ3) is 5.08. The molecule has 0 spiro atoms. The average Bonchev–Trinajstić information content (AvgIpc) is 3.59. The maximum absolute atomic E-state index is 6.33. The van der Waals surface area contributed by atoms with Crippen LogP contribution in [0, 0.1) is 46.8 Å². The molecule has 0 atom stereocenters. The first-order valence-corrected chi connectivity index (χ1v) is 14.1. The fraction of sp³-hybridized carbons (Fsp3) is 0.135. The molecule has 0 saturated heterocycles. The SMILES string of the molecule is Cc1ccnc(-n2c3[c-]c(Oc4[c-]c(-n5cc(-c6c(C)cc(C)c(C)c6C)cn5)ccc4)ccc3c3ccccc32)c1.[Pt+2]. The molecule has 7 aromatic rings. The number of rotatable bonds is 5. The second-order valence-electron chi connectivity index (χ2n) is 10.9. The predicted molar refractivity (Wildman–Crippen MR) is 169 cm³/mol. The molecule has 5 nitrogen and oxygen atoms in total. The molecule has 214 valence electrons. The van der Waals surface area contributed by atoms with Gasteiger partial charge < -0.3 is 9.30 Å². The van der Waals surface area contributed by atoms with Crippen molar-refractivity contribution in [3.05, 3.63) is 131 Å². The summed E-state index contributed by atoms with van der Waals surface area (Å²) in [7, 11) is 0.